The van der Waals surface area contributed by atoms with Crippen LogP contribution in [0.4, 0.5) is 0 Å². The Morgan fingerprint density at radius 2 is 1.29 bits per heavy atom. The van der Waals surface area contributed by atoms with Crippen LogP contribution in [-0.4, -0.2) is 13.2 Å². The molecule has 2 aromatic rings. The Bertz CT molecular complexity index is 895. The van der Waals surface area contributed by atoms with Gasteiger partial charge in [0.1, 0.15) is 11.5 Å². The highest BCUT2D eigenvalue weighted by Crippen LogP contribution is 2.67. The second-order valence-corrected chi connectivity index (χ2v) is 9.05. The van der Waals surface area contributed by atoms with E-state index in [1.807, 2.05) is 0 Å². The number of allylic oxidation sites excluding steroid dienone is 2. The molecule has 4 aliphatic rings. The number of fused-ring (bicyclic) bond motifs is 10. The van der Waals surface area contributed by atoms with Crippen LogP contribution in [0.3, 0.4) is 0 Å². The maximum absolute atomic E-state index is 5.91. The minimum absolute atomic E-state index is 0.128. The molecule has 2 aromatic carbocycles. The maximum atomic E-state index is 5.91. The molecule has 2 heteroatoms. The van der Waals surface area contributed by atoms with Crippen molar-refractivity contribution in [2.24, 2.45) is 23.7 Å². The Morgan fingerprint density at radius 1 is 0.786 bits per heavy atom. The quantitative estimate of drug-likeness (QED) is 0.614. The number of rotatable bonds is 4. The maximum Gasteiger partial charge on any atom is 0.119 e. The minimum Gasteiger partial charge on any atom is -0.494 e. The van der Waals surface area contributed by atoms with Gasteiger partial charge in [-0.1, -0.05) is 24.3 Å². The Balaban J connectivity index is 1.52. The van der Waals surface area contributed by atoms with Crippen LogP contribution in [0.15, 0.2) is 48.6 Å². The molecule has 0 aromatic heterocycles. The molecule has 2 fully saturated rings. The van der Waals surface area contributed by atoms with Crippen molar-refractivity contribution in [2.75, 3.05) is 13.2 Å². The van der Waals surface area contributed by atoms with Crippen molar-refractivity contribution >= 4 is 0 Å². The first-order valence-electron chi connectivity index (χ1n) is 11.0. The Labute approximate surface area is 167 Å². The van der Waals surface area contributed by atoms with E-state index < -0.39 is 0 Å². The van der Waals surface area contributed by atoms with Gasteiger partial charge in [0, 0.05) is 5.41 Å². The van der Waals surface area contributed by atoms with Crippen LogP contribution in [0.5, 0.6) is 11.5 Å². The normalized spacial score (nSPS) is 29.8. The van der Waals surface area contributed by atoms with Gasteiger partial charge in [-0.2, -0.15) is 0 Å². The van der Waals surface area contributed by atoms with Crippen molar-refractivity contribution < 1.29 is 9.47 Å². The zero-order valence-corrected chi connectivity index (χ0v) is 16.8. The monoisotopic (exact) mass is 372 g/mol. The molecule has 6 rings (SSSR count). The van der Waals surface area contributed by atoms with Gasteiger partial charge in [-0.3, -0.25) is 0 Å². The molecular formula is C26H28O2. The lowest BCUT2D eigenvalue weighted by Crippen LogP contribution is -2.23. The van der Waals surface area contributed by atoms with Crippen LogP contribution in [0.25, 0.3) is 11.1 Å². The molecule has 0 amide bonds. The zero-order chi connectivity index (χ0) is 18.9. The van der Waals surface area contributed by atoms with Crippen LogP contribution < -0.4 is 9.47 Å². The molecule has 1 spiro atoms. The highest BCUT2D eigenvalue weighted by Gasteiger charge is 2.58. The van der Waals surface area contributed by atoms with Crippen molar-refractivity contribution in [2.45, 2.75) is 38.5 Å². The Kier molecular flexibility index (Phi) is 3.51. The summed E-state index contributed by atoms with van der Waals surface area (Å²) < 4.78 is 11.8. The van der Waals surface area contributed by atoms with Crippen molar-refractivity contribution in [1.29, 1.82) is 0 Å². The molecule has 0 N–H and O–H groups in total. The first-order valence-corrected chi connectivity index (χ1v) is 11.0. The summed E-state index contributed by atoms with van der Waals surface area (Å²) in [6.07, 6.45) is 8.95. The summed E-state index contributed by atoms with van der Waals surface area (Å²) in [7, 11) is 0. The molecule has 2 saturated carbocycles. The largest absolute Gasteiger partial charge is 0.494 e. The van der Waals surface area contributed by atoms with E-state index in [4.69, 9.17) is 9.47 Å². The smallest absolute Gasteiger partial charge is 0.119 e. The molecule has 4 atom stereocenters. The zero-order valence-electron chi connectivity index (χ0n) is 16.8. The van der Waals surface area contributed by atoms with Crippen molar-refractivity contribution in [1.82, 2.24) is 0 Å². The average molecular weight is 373 g/mol. The molecular weight excluding hydrogens is 344 g/mol. The van der Waals surface area contributed by atoms with Gasteiger partial charge in [-0.25, -0.2) is 0 Å². The van der Waals surface area contributed by atoms with E-state index in [1.54, 1.807) is 0 Å². The summed E-state index contributed by atoms with van der Waals surface area (Å²) in [5, 5.41) is 0. The lowest BCUT2D eigenvalue weighted by Gasteiger charge is -2.29. The third-order valence-corrected chi connectivity index (χ3v) is 7.89. The standard InChI is InChI=1S/C26H28O2/c1-3-27-18-7-9-20-21-10-8-19(28-4-2)13-25(21)26(24(20)12-18)14-22-16-5-6-17(11-16)23(22)15-26/h5-10,12-13,16-17,22-23H,3-4,11,14-15H2,1-2H3. The first-order chi connectivity index (χ1) is 13.7. The summed E-state index contributed by atoms with van der Waals surface area (Å²) in [5.74, 6) is 5.29. The van der Waals surface area contributed by atoms with Crippen molar-refractivity contribution in [3.63, 3.8) is 0 Å². The van der Waals surface area contributed by atoms with E-state index in [9.17, 15) is 0 Å². The summed E-state index contributed by atoms with van der Waals surface area (Å²) in [6.45, 7) is 5.56. The van der Waals surface area contributed by atoms with Gasteiger partial charge in [0.2, 0.25) is 0 Å². The highest BCUT2D eigenvalue weighted by molar-refractivity contribution is 5.82. The second kappa shape index (κ2) is 5.89. The molecule has 144 valence electrons. The van der Waals surface area contributed by atoms with Crippen LogP contribution >= 0.6 is 0 Å². The predicted octanol–water partition coefficient (Wildman–Crippen LogP) is 5.98. The third-order valence-electron chi connectivity index (χ3n) is 7.89. The van der Waals surface area contributed by atoms with Gasteiger partial charge >= 0.3 is 0 Å². The number of hydrogen-bond acceptors (Lipinski definition) is 2. The predicted molar refractivity (Wildman–Crippen MR) is 112 cm³/mol. The van der Waals surface area contributed by atoms with Gasteiger partial charge in [-0.15, -0.1) is 0 Å². The number of benzene rings is 2. The fourth-order valence-electron chi connectivity index (χ4n) is 6.93. The summed E-state index contributed by atoms with van der Waals surface area (Å²) in [6, 6.07) is 13.5. The fraction of sp³-hybridized carbons (Fsp3) is 0.462. The van der Waals surface area contributed by atoms with Gasteiger partial charge < -0.3 is 9.47 Å². The van der Waals surface area contributed by atoms with Gasteiger partial charge in [-0.05, 0) is 103 Å². The van der Waals surface area contributed by atoms with Crippen LogP contribution in [-0.2, 0) is 5.41 Å². The minimum atomic E-state index is 0.128. The van der Waals surface area contributed by atoms with E-state index in [0.29, 0.717) is 13.2 Å². The molecule has 28 heavy (non-hydrogen) atoms. The van der Waals surface area contributed by atoms with Crippen LogP contribution in [0.2, 0.25) is 0 Å². The van der Waals surface area contributed by atoms with Crippen LogP contribution in [0, 0.1) is 23.7 Å². The van der Waals surface area contributed by atoms with Gasteiger partial charge in [0.15, 0.2) is 0 Å². The molecule has 2 bridgehead atoms. The Morgan fingerprint density at radius 3 is 1.75 bits per heavy atom. The summed E-state index contributed by atoms with van der Waals surface area (Å²) >= 11 is 0. The topological polar surface area (TPSA) is 18.5 Å². The molecule has 0 aliphatic heterocycles. The van der Waals surface area contributed by atoms with Gasteiger partial charge in [0.05, 0.1) is 13.2 Å². The molecule has 2 nitrogen and oxygen atoms in total. The number of hydrogen-bond donors (Lipinski definition) is 0. The fourth-order valence-corrected chi connectivity index (χ4v) is 6.93. The average Bonchev–Trinajstić information content (AvgIpc) is 3.45. The Hall–Kier alpha value is -2.22. The summed E-state index contributed by atoms with van der Waals surface area (Å²) in [4.78, 5) is 0. The molecule has 4 aliphatic carbocycles. The van der Waals surface area contributed by atoms with E-state index >= 15 is 0 Å². The van der Waals surface area contributed by atoms with Crippen LogP contribution in [0.1, 0.15) is 44.2 Å². The van der Waals surface area contributed by atoms with E-state index in [-0.39, 0.29) is 5.41 Å². The second-order valence-electron chi connectivity index (χ2n) is 9.05. The first kappa shape index (κ1) is 16.7. The summed E-state index contributed by atoms with van der Waals surface area (Å²) in [5.41, 5.74) is 5.93. The van der Waals surface area contributed by atoms with E-state index in [0.717, 1.165) is 35.2 Å². The van der Waals surface area contributed by atoms with E-state index in [2.05, 4.69) is 62.4 Å². The van der Waals surface area contributed by atoms with E-state index in [1.165, 1.54) is 41.5 Å². The lowest BCUT2D eigenvalue weighted by atomic mass is 9.74. The van der Waals surface area contributed by atoms with Crippen molar-refractivity contribution in [3.8, 4) is 22.6 Å². The molecule has 0 saturated heterocycles. The molecule has 0 radical (unpaired) electrons. The third kappa shape index (κ3) is 2.09. The van der Waals surface area contributed by atoms with Gasteiger partial charge in [0.25, 0.3) is 0 Å². The number of ether oxygens (including phenoxy) is 2. The van der Waals surface area contributed by atoms with Crippen molar-refractivity contribution in [3.05, 3.63) is 59.7 Å². The molecule has 0 heterocycles. The highest BCUT2D eigenvalue weighted by atomic mass is 16.5. The lowest BCUT2D eigenvalue weighted by molar-refractivity contribution is 0.337. The SMILES string of the molecule is CCOc1ccc2c(c1)C1(CC3C4C=CC(C4)C3C1)c1cc(OCC)ccc1-2. The molecule has 4 unspecified atom stereocenters.